The summed E-state index contributed by atoms with van der Waals surface area (Å²) in [6, 6.07) is 7.79. The SMILES string of the molecule is COCC(O)CNC(=O)CCCn1ccc2cc(Cl)ccc21. The molecule has 120 valence electrons. The maximum atomic E-state index is 11.7. The van der Waals surface area contributed by atoms with E-state index >= 15 is 0 Å². The lowest BCUT2D eigenvalue weighted by atomic mass is 10.2. The molecule has 1 unspecified atom stereocenters. The van der Waals surface area contributed by atoms with Gasteiger partial charge in [0.1, 0.15) is 0 Å². The summed E-state index contributed by atoms with van der Waals surface area (Å²) in [5.41, 5.74) is 1.11. The number of nitrogens with zero attached hydrogens (tertiary/aromatic N) is 1. The Labute approximate surface area is 134 Å². The highest BCUT2D eigenvalue weighted by molar-refractivity contribution is 6.31. The maximum Gasteiger partial charge on any atom is 0.220 e. The summed E-state index contributed by atoms with van der Waals surface area (Å²) < 4.78 is 6.91. The second kappa shape index (κ2) is 8.17. The lowest BCUT2D eigenvalue weighted by molar-refractivity contribution is -0.121. The molecule has 2 aromatic rings. The minimum atomic E-state index is -0.660. The average Bonchev–Trinajstić information content (AvgIpc) is 2.88. The highest BCUT2D eigenvalue weighted by atomic mass is 35.5. The summed E-state index contributed by atoms with van der Waals surface area (Å²) in [5.74, 6) is -0.0605. The summed E-state index contributed by atoms with van der Waals surface area (Å²) in [6.45, 7) is 1.20. The fourth-order valence-electron chi connectivity index (χ4n) is 2.35. The van der Waals surface area contributed by atoms with Crippen molar-refractivity contribution in [1.82, 2.24) is 9.88 Å². The molecule has 0 bridgehead atoms. The van der Waals surface area contributed by atoms with Gasteiger partial charge in [0, 0.05) is 48.7 Å². The fraction of sp³-hybridized carbons (Fsp3) is 0.438. The zero-order valence-corrected chi connectivity index (χ0v) is 13.3. The smallest absolute Gasteiger partial charge is 0.220 e. The van der Waals surface area contributed by atoms with E-state index in [9.17, 15) is 9.90 Å². The van der Waals surface area contributed by atoms with Gasteiger partial charge < -0.3 is 19.7 Å². The van der Waals surface area contributed by atoms with Crippen molar-refractivity contribution in [2.45, 2.75) is 25.5 Å². The molecule has 0 saturated heterocycles. The Morgan fingerprint density at radius 3 is 3.05 bits per heavy atom. The molecule has 5 nitrogen and oxygen atoms in total. The second-order valence-electron chi connectivity index (χ2n) is 5.23. The van der Waals surface area contributed by atoms with Gasteiger partial charge in [0.05, 0.1) is 12.7 Å². The molecule has 0 aliphatic heterocycles. The number of aromatic nitrogens is 1. The number of aryl methyl sites for hydroxylation is 1. The monoisotopic (exact) mass is 324 g/mol. The summed E-state index contributed by atoms with van der Waals surface area (Å²) in [7, 11) is 1.51. The van der Waals surface area contributed by atoms with Gasteiger partial charge in [0.25, 0.3) is 0 Å². The number of hydrogen-bond donors (Lipinski definition) is 2. The third kappa shape index (κ3) is 4.73. The third-order valence-corrected chi connectivity index (χ3v) is 3.66. The lowest BCUT2D eigenvalue weighted by Gasteiger charge is -2.11. The van der Waals surface area contributed by atoms with E-state index in [1.807, 2.05) is 30.5 Å². The molecular weight excluding hydrogens is 304 g/mol. The maximum absolute atomic E-state index is 11.7. The molecule has 0 spiro atoms. The Balaban J connectivity index is 1.77. The average molecular weight is 325 g/mol. The topological polar surface area (TPSA) is 63.5 Å². The number of carbonyl (C=O) groups excluding carboxylic acids is 1. The molecule has 1 atom stereocenters. The van der Waals surface area contributed by atoms with Crippen molar-refractivity contribution in [3.05, 3.63) is 35.5 Å². The molecule has 0 aliphatic carbocycles. The van der Waals surface area contributed by atoms with Crippen LogP contribution in [0.1, 0.15) is 12.8 Å². The van der Waals surface area contributed by atoms with Crippen LogP contribution in [0.3, 0.4) is 0 Å². The van der Waals surface area contributed by atoms with Gasteiger partial charge in [-0.25, -0.2) is 0 Å². The standard InChI is InChI=1S/C16H21ClN2O3/c1-22-11-14(20)10-18-16(21)3-2-7-19-8-6-12-9-13(17)4-5-15(12)19/h4-6,8-9,14,20H,2-3,7,10-11H2,1H3,(H,18,21). The van der Waals surface area contributed by atoms with Gasteiger partial charge >= 0.3 is 0 Å². The predicted molar refractivity (Wildman–Crippen MR) is 87.1 cm³/mol. The van der Waals surface area contributed by atoms with Crippen molar-refractivity contribution < 1.29 is 14.6 Å². The number of ether oxygens (including phenoxy) is 1. The molecule has 0 aliphatic rings. The van der Waals surface area contributed by atoms with Gasteiger partial charge in [-0.3, -0.25) is 4.79 Å². The van der Waals surface area contributed by atoms with Crippen LogP contribution in [-0.4, -0.2) is 41.9 Å². The van der Waals surface area contributed by atoms with Gasteiger partial charge in [-0.2, -0.15) is 0 Å². The summed E-state index contributed by atoms with van der Waals surface area (Å²) in [6.07, 6.45) is 2.50. The molecular formula is C16H21ClN2O3. The molecule has 1 heterocycles. The Morgan fingerprint density at radius 1 is 1.45 bits per heavy atom. The Bertz CT molecular complexity index is 627. The number of methoxy groups -OCH3 is 1. The number of aliphatic hydroxyl groups excluding tert-OH is 1. The van der Waals surface area contributed by atoms with E-state index in [2.05, 4.69) is 9.88 Å². The Morgan fingerprint density at radius 2 is 2.27 bits per heavy atom. The van der Waals surface area contributed by atoms with E-state index in [1.165, 1.54) is 7.11 Å². The summed E-state index contributed by atoms with van der Waals surface area (Å²) >= 11 is 5.97. The van der Waals surface area contributed by atoms with E-state index in [-0.39, 0.29) is 19.1 Å². The molecule has 1 amide bonds. The van der Waals surface area contributed by atoms with Crippen LogP contribution in [-0.2, 0) is 16.1 Å². The highest BCUT2D eigenvalue weighted by Gasteiger charge is 2.07. The van der Waals surface area contributed by atoms with Crippen molar-refractivity contribution in [1.29, 1.82) is 0 Å². The molecule has 0 saturated carbocycles. The first-order chi connectivity index (χ1) is 10.6. The molecule has 22 heavy (non-hydrogen) atoms. The number of halogens is 1. The van der Waals surface area contributed by atoms with Crippen molar-refractivity contribution in [3.8, 4) is 0 Å². The zero-order valence-electron chi connectivity index (χ0n) is 12.6. The van der Waals surface area contributed by atoms with Gasteiger partial charge in [-0.05, 0) is 30.7 Å². The van der Waals surface area contributed by atoms with E-state index < -0.39 is 6.10 Å². The largest absolute Gasteiger partial charge is 0.389 e. The number of aliphatic hydroxyl groups is 1. The number of hydrogen-bond acceptors (Lipinski definition) is 3. The van der Waals surface area contributed by atoms with Gasteiger partial charge in [0.15, 0.2) is 0 Å². The van der Waals surface area contributed by atoms with E-state index in [1.54, 1.807) is 0 Å². The molecule has 6 heteroatoms. The number of nitrogens with one attached hydrogen (secondary N) is 1. The zero-order chi connectivity index (χ0) is 15.9. The normalized spacial score (nSPS) is 12.5. The summed E-state index contributed by atoms with van der Waals surface area (Å²) in [4.78, 5) is 11.7. The molecule has 1 aromatic heterocycles. The van der Waals surface area contributed by atoms with Crippen LogP contribution in [0.2, 0.25) is 5.02 Å². The van der Waals surface area contributed by atoms with Crippen LogP contribution in [0, 0.1) is 0 Å². The second-order valence-corrected chi connectivity index (χ2v) is 5.67. The van der Waals surface area contributed by atoms with Crippen molar-refractivity contribution in [2.24, 2.45) is 0 Å². The van der Waals surface area contributed by atoms with Gasteiger partial charge in [-0.15, -0.1) is 0 Å². The van der Waals surface area contributed by atoms with Crippen molar-refractivity contribution >= 4 is 28.4 Å². The number of fused-ring (bicyclic) bond motifs is 1. The van der Waals surface area contributed by atoms with E-state index in [4.69, 9.17) is 16.3 Å². The van der Waals surface area contributed by atoms with Crippen LogP contribution in [0.5, 0.6) is 0 Å². The van der Waals surface area contributed by atoms with Crippen LogP contribution in [0.4, 0.5) is 0 Å². The van der Waals surface area contributed by atoms with Crippen molar-refractivity contribution in [3.63, 3.8) is 0 Å². The number of amides is 1. The van der Waals surface area contributed by atoms with Crippen LogP contribution in [0.15, 0.2) is 30.5 Å². The number of carbonyl (C=O) groups is 1. The van der Waals surface area contributed by atoms with Crippen molar-refractivity contribution in [2.75, 3.05) is 20.3 Å². The number of benzene rings is 1. The van der Waals surface area contributed by atoms with Crippen LogP contribution < -0.4 is 5.32 Å². The quantitative estimate of drug-likeness (QED) is 0.782. The first-order valence-corrected chi connectivity index (χ1v) is 7.66. The Hall–Kier alpha value is -1.56. The highest BCUT2D eigenvalue weighted by Crippen LogP contribution is 2.20. The first-order valence-electron chi connectivity index (χ1n) is 7.28. The van der Waals surface area contributed by atoms with Gasteiger partial charge in [0.2, 0.25) is 5.91 Å². The first kappa shape index (κ1) is 16.8. The molecule has 0 radical (unpaired) electrons. The molecule has 2 N–H and O–H groups in total. The predicted octanol–water partition coefficient (Wildman–Crippen LogP) is 2.20. The molecule has 2 rings (SSSR count). The van der Waals surface area contributed by atoms with E-state index in [0.29, 0.717) is 6.42 Å². The minimum absolute atomic E-state index is 0.0605. The van der Waals surface area contributed by atoms with E-state index in [0.717, 1.165) is 28.9 Å². The van der Waals surface area contributed by atoms with Crippen LogP contribution >= 0.6 is 11.6 Å². The summed E-state index contributed by atoms with van der Waals surface area (Å²) in [5, 5.41) is 14.0. The number of rotatable bonds is 8. The Kier molecular flexibility index (Phi) is 6.24. The molecule has 1 aromatic carbocycles. The van der Waals surface area contributed by atoms with Crippen LogP contribution in [0.25, 0.3) is 10.9 Å². The molecule has 0 fully saturated rings. The lowest BCUT2D eigenvalue weighted by Crippen LogP contribution is -2.34. The van der Waals surface area contributed by atoms with Gasteiger partial charge in [-0.1, -0.05) is 11.6 Å². The fourth-order valence-corrected chi connectivity index (χ4v) is 2.53. The third-order valence-electron chi connectivity index (χ3n) is 3.43. The minimum Gasteiger partial charge on any atom is -0.389 e.